The third kappa shape index (κ3) is 3.33. The average molecular weight is 419 g/mol. The molecule has 2 aliphatic rings. The molecule has 28 heavy (non-hydrogen) atoms. The SMILES string of the molecule is O=S(=O)(Nc1ccsc1-c1nc(C2CC2)no1)c1ccc2c(c1)OCCCO2. The van der Waals surface area contributed by atoms with Gasteiger partial charge in [0.05, 0.1) is 23.8 Å². The molecule has 0 amide bonds. The Bertz CT molecular complexity index is 1120. The maximum Gasteiger partial charge on any atom is 0.270 e. The molecule has 0 unspecified atom stereocenters. The van der Waals surface area contributed by atoms with E-state index in [1.54, 1.807) is 17.5 Å². The summed E-state index contributed by atoms with van der Waals surface area (Å²) in [6.07, 6.45) is 2.88. The first kappa shape index (κ1) is 17.5. The van der Waals surface area contributed by atoms with E-state index >= 15 is 0 Å². The van der Waals surface area contributed by atoms with Crippen molar-refractivity contribution in [3.05, 3.63) is 35.5 Å². The lowest BCUT2D eigenvalue weighted by Crippen LogP contribution is -2.13. The molecule has 3 aromatic rings. The summed E-state index contributed by atoms with van der Waals surface area (Å²) in [5, 5.41) is 5.78. The van der Waals surface area contributed by atoms with Gasteiger partial charge in [-0.15, -0.1) is 11.3 Å². The summed E-state index contributed by atoms with van der Waals surface area (Å²) in [6.45, 7) is 1.03. The lowest BCUT2D eigenvalue weighted by Gasteiger charge is -2.11. The fourth-order valence-corrected chi connectivity index (χ4v) is 4.83. The van der Waals surface area contributed by atoms with Crippen LogP contribution in [0.4, 0.5) is 5.69 Å². The molecule has 0 atom stereocenters. The lowest BCUT2D eigenvalue weighted by atomic mass is 10.3. The number of nitrogens with zero attached hydrogens (tertiary/aromatic N) is 2. The number of thiophene rings is 1. The Morgan fingerprint density at radius 1 is 1.11 bits per heavy atom. The standard InChI is InChI=1S/C18H17N3O5S2/c22-28(23,12-4-5-14-15(10-12)25-8-1-7-24-14)21-13-6-9-27-16(13)18-19-17(20-26-18)11-2-3-11/h4-6,9-11,21H,1-3,7-8H2. The molecule has 1 aliphatic heterocycles. The topological polar surface area (TPSA) is 104 Å². The first-order valence-electron chi connectivity index (χ1n) is 8.94. The summed E-state index contributed by atoms with van der Waals surface area (Å²) in [5.74, 6) is 2.34. The van der Waals surface area contributed by atoms with Crippen LogP contribution in [0, 0.1) is 0 Å². The lowest BCUT2D eigenvalue weighted by molar-refractivity contribution is 0.297. The molecule has 146 valence electrons. The zero-order valence-electron chi connectivity index (χ0n) is 14.8. The van der Waals surface area contributed by atoms with Gasteiger partial charge in [0, 0.05) is 18.4 Å². The summed E-state index contributed by atoms with van der Waals surface area (Å²) in [7, 11) is -3.83. The summed E-state index contributed by atoms with van der Waals surface area (Å²) in [5.41, 5.74) is 0.406. The maximum atomic E-state index is 12.9. The van der Waals surface area contributed by atoms with Crippen molar-refractivity contribution in [3.8, 4) is 22.3 Å². The minimum absolute atomic E-state index is 0.0955. The van der Waals surface area contributed by atoms with Crippen molar-refractivity contribution in [2.45, 2.75) is 30.1 Å². The van der Waals surface area contributed by atoms with Gasteiger partial charge in [-0.1, -0.05) is 5.16 Å². The predicted molar refractivity (Wildman–Crippen MR) is 102 cm³/mol. The van der Waals surface area contributed by atoms with E-state index < -0.39 is 10.0 Å². The van der Waals surface area contributed by atoms with Crippen molar-refractivity contribution in [2.24, 2.45) is 0 Å². The highest BCUT2D eigenvalue weighted by Gasteiger charge is 2.30. The number of anilines is 1. The molecule has 1 saturated carbocycles. The first-order valence-corrected chi connectivity index (χ1v) is 11.3. The van der Waals surface area contributed by atoms with Gasteiger partial charge in [0.25, 0.3) is 15.9 Å². The minimum Gasteiger partial charge on any atom is -0.490 e. The maximum absolute atomic E-state index is 12.9. The highest BCUT2D eigenvalue weighted by Crippen LogP contribution is 2.41. The Hall–Kier alpha value is -2.59. The Morgan fingerprint density at radius 2 is 1.93 bits per heavy atom. The molecular formula is C18H17N3O5S2. The van der Waals surface area contributed by atoms with Gasteiger partial charge in [-0.25, -0.2) is 8.42 Å². The van der Waals surface area contributed by atoms with Crippen molar-refractivity contribution in [1.82, 2.24) is 10.1 Å². The first-order chi connectivity index (χ1) is 13.6. The van der Waals surface area contributed by atoms with Crippen molar-refractivity contribution >= 4 is 27.0 Å². The molecule has 1 N–H and O–H groups in total. The quantitative estimate of drug-likeness (QED) is 0.673. The van der Waals surface area contributed by atoms with Crippen LogP contribution in [0.5, 0.6) is 11.5 Å². The van der Waals surface area contributed by atoms with Crippen molar-refractivity contribution in [1.29, 1.82) is 0 Å². The minimum atomic E-state index is -3.83. The van der Waals surface area contributed by atoms with E-state index in [0.717, 1.165) is 19.3 Å². The molecule has 5 rings (SSSR count). The number of rotatable bonds is 5. The third-order valence-corrected chi connectivity index (χ3v) is 6.78. The smallest absolute Gasteiger partial charge is 0.270 e. The van der Waals surface area contributed by atoms with Gasteiger partial charge >= 0.3 is 0 Å². The third-order valence-electron chi connectivity index (χ3n) is 4.52. The molecule has 10 heteroatoms. The molecule has 1 aliphatic carbocycles. The molecule has 2 aromatic heterocycles. The van der Waals surface area contributed by atoms with Crippen LogP contribution in [0.3, 0.4) is 0 Å². The highest BCUT2D eigenvalue weighted by molar-refractivity contribution is 7.92. The fourth-order valence-electron chi connectivity index (χ4n) is 2.90. The van der Waals surface area contributed by atoms with Crippen LogP contribution in [0.1, 0.15) is 31.0 Å². The van der Waals surface area contributed by atoms with Gasteiger partial charge in [0.15, 0.2) is 17.3 Å². The van der Waals surface area contributed by atoms with Crippen molar-refractivity contribution in [2.75, 3.05) is 17.9 Å². The Labute approximate surface area is 165 Å². The highest BCUT2D eigenvalue weighted by atomic mass is 32.2. The van der Waals surface area contributed by atoms with E-state index in [1.165, 1.54) is 23.5 Å². The number of hydrogen-bond donors (Lipinski definition) is 1. The number of hydrogen-bond acceptors (Lipinski definition) is 8. The van der Waals surface area contributed by atoms with Crippen LogP contribution in [0.25, 0.3) is 10.8 Å². The molecule has 1 fully saturated rings. The second-order valence-electron chi connectivity index (χ2n) is 6.66. The van der Waals surface area contributed by atoms with Gasteiger partial charge in [-0.3, -0.25) is 4.72 Å². The van der Waals surface area contributed by atoms with E-state index in [4.69, 9.17) is 14.0 Å². The van der Waals surface area contributed by atoms with Crippen LogP contribution < -0.4 is 14.2 Å². The monoisotopic (exact) mass is 419 g/mol. The number of aromatic nitrogens is 2. The van der Waals surface area contributed by atoms with E-state index in [0.29, 0.717) is 52.9 Å². The van der Waals surface area contributed by atoms with E-state index in [-0.39, 0.29) is 4.90 Å². The Balaban J connectivity index is 1.43. The van der Waals surface area contributed by atoms with Crippen LogP contribution in [0.2, 0.25) is 0 Å². The molecule has 0 bridgehead atoms. The largest absolute Gasteiger partial charge is 0.490 e. The summed E-state index contributed by atoms with van der Waals surface area (Å²) < 4.78 is 44.9. The number of ether oxygens (including phenoxy) is 2. The zero-order chi connectivity index (χ0) is 19.1. The molecule has 8 nitrogen and oxygen atoms in total. The number of nitrogens with one attached hydrogen (secondary N) is 1. The van der Waals surface area contributed by atoms with Crippen LogP contribution in [0.15, 0.2) is 39.1 Å². The van der Waals surface area contributed by atoms with Crippen molar-refractivity contribution in [3.63, 3.8) is 0 Å². The van der Waals surface area contributed by atoms with Gasteiger partial charge in [0.1, 0.15) is 4.88 Å². The average Bonchev–Trinajstić information content (AvgIpc) is 3.33. The second kappa shape index (κ2) is 6.78. The normalized spacial score (nSPS) is 16.6. The Morgan fingerprint density at radius 3 is 2.75 bits per heavy atom. The number of sulfonamides is 1. The number of fused-ring (bicyclic) bond motifs is 1. The van der Waals surface area contributed by atoms with Gasteiger partial charge in [-0.2, -0.15) is 4.98 Å². The van der Waals surface area contributed by atoms with Gasteiger partial charge in [-0.05, 0) is 36.4 Å². The molecule has 0 spiro atoms. The summed E-state index contributed by atoms with van der Waals surface area (Å²) in [4.78, 5) is 5.10. The van der Waals surface area contributed by atoms with Crippen LogP contribution >= 0.6 is 11.3 Å². The van der Waals surface area contributed by atoms with Crippen LogP contribution in [-0.4, -0.2) is 31.8 Å². The van der Waals surface area contributed by atoms with E-state index in [2.05, 4.69) is 14.9 Å². The molecule has 3 heterocycles. The molecule has 0 saturated heterocycles. The zero-order valence-corrected chi connectivity index (χ0v) is 16.4. The number of benzene rings is 1. The fraction of sp³-hybridized carbons (Fsp3) is 0.333. The molecular weight excluding hydrogens is 402 g/mol. The van der Waals surface area contributed by atoms with Crippen LogP contribution in [-0.2, 0) is 10.0 Å². The molecule has 1 aromatic carbocycles. The Kier molecular flexibility index (Phi) is 4.24. The van der Waals surface area contributed by atoms with Gasteiger partial charge < -0.3 is 14.0 Å². The summed E-state index contributed by atoms with van der Waals surface area (Å²) >= 11 is 1.34. The van der Waals surface area contributed by atoms with Gasteiger partial charge in [0.2, 0.25) is 0 Å². The van der Waals surface area contributed by atoms with E-state index in [9.17, 15) is 8.42 Å². The summed E-state index contributed by atoms with van der Waals surface area (Å²) in [6, 6.07) is 6.28. The molecule has 0 radical (unpaired) electrons. The van der Waals surface area contributed by atoms with E-state index in [1.807, 2.05) is 0 Å². The van der Waals surface area contributed by atoms with Crippen molar-refractivity contribution < 1.29 is 22.4 Å². The second-order valence-corrected chi connectivity index (χ2v) is 9.26. The predicted octanol–water partition coefficient (Wildman–Crippen LogP) is 3.64.